The molecule has 0 atom stereocenters. The molecule has 6 nitrogen and oxygen atoms in total. The molecule has 6 heteroatoms. The first-order valence-electron chi connectivity index (χ1n) is 10.6. The summed E-state index contributed by atoms with van der Waals surface area (Å²) in [4.78, 5) is 4.26. The lowest BCUT2D eigenvalue weighted by Crippen LogP contribution is -2.38. The van der Waals surface area contributed by atoms with Crippen molar-refractivity contribution in [1.29, 1.82) is 0 Å². The van der Waals surface area contributed by atoms with Gasteiger partial charge in [0.25, 0.3) is 0 Å². The van der Waals surface area contributed by atoms with Crippen LogP contribution < -0.4 is 15.4 Å². The number of rotatable bonds is 12. The van der Waals surface area contributed by atoms with E-state index in [0.717, 1.165) is 89.9 Å². The zero-order valence-corrected chi connectivity index (χ0v) is 17.5. The van der Waals surface area contributed by atoms with Gasteiger partial charge >= 0.3 is 0 Å². The average Bonchev–Trinajstić information content (AvgIpc) is 2.73. The fourth-order valence-corrected chi connectivity index (χ4v) is 3.02. The van der Waals surface area contributed by atoms with Gasteiger partial charge < -0.3 is 24.8 Å². The highest BCUT2D eigenvalue weighted by atomic mass is 16.5. The van der Waals surface area contributed by atoms with Gasteiger partial charge in [0, 0.05) is 46.6 Å². The van der Waals surface area contributed by atoms with Crippen molar-refractivity contribution in [2.24, 2.45) is 10.9 Å². The summed E-state index contributed by atoms with van der Waals surface area (Å²) in [7, 11) is 1.80. The van der Waals surface area contributed by atoms with Crippen LogP contribution in [0.3, 0.4) is 0 Å². The van der Waals surface area contributed by atoms with E-state index < -0.39 is 0 Å². The van der Waals surface area contributed by atoms with Crippen LogP contribution in [0.4, 0.5) is 0 Å². The Morgan fingerprint density at radius 2 is 1.75 bits per heavy atom. The second kappa shape index (κ2) is 14.2. The number of ether oxygens (including phenoxy) is 3. The maximum absolute atomic E-state index is 5.79. The molecule has 1 heterocycles. The van der Waals surface area contributed by atoms with Gasteiger partial charge in [-0.2, -0.15) is 0 Å². The Labute approximate surface area is 170 Å². The molecule has 0 spiro atoms. The third-order valence-electron chi connectivity index (χ3n) is 4.83. The lowest BCUT2D eigenvalue weighted by Gasteiger charge is -2.21. The summed E-state index contributed by atoms with van der Waals surface area (Å²) in [5.41, 5.74) is 1.25. The van der Waals surface area contributed by atoms with Gasteiger partial charge in [0.15, 0.2) is 5.96 Å². The molecule has 2 rings (SSSR count). The molecule has 0 unspecified atom stereocenters. The largest absolute Gasteiger partial charge is 0.494 e. The molecule has 1 fully saturated rings. The smallest absolute Gasteiger partial charge is 0.190 e. The minimum absolute atomic E-state index is 0.672. The van der Waals surface area contributed by atoms with Gasteiger partial charge in [0.05, 0.1) is 6.61 Å². The number of hydrogen-bond donors (Lipinski definition) is 2. The maximum Gasteiger partial charge on any atom is 0.190 e. The average molecular weight is 392 g/mol. The predicted molar refractivity (Wildman–Crippen MR) is 114 cm³/mol. The van der Waals surface area contributed by atoms with Crippen molar-refractivity contribution in [2.75, 3.05) is 53.2 Å². The first-order chi connectivity index (χ1) is 13.8. The Hall–Kier alpha value is -1.79. The van der Waals surface area contributed by atoms with E-state index in [1.54, 1.807) is 7.05 Å². The maximum atomic E-state index is 5.79. The van der Waals surface area contributed by atoms with Gasteiger partial charge in [-0.05, 0) is 57.1 Å². The van der Waals surface area contributed by atoms with Crippen molar-refractivity contribution in [3.63, 3.8) is 0 Å². The number of benzene rings is 1. The highest BCUT2D eigenvalue weighted by Gasteiger charge is 2.13. The zero-order chi connectivity index (χ0) is 19.9. The topological polar surface area (TPSA) is 64.1 Å². The molecule has 0 saturated carbocycles. The summed E-state index contributed by atoms with van der Waals surface area (Å²) in [6.45, 7) is 7.99. The van der Waals surface area contributed by atoms with Gasteiger partial charge in [-0.1, -0.05) is 17.7 Å². The van der Waals surface area contributed by atoms with Crippen molar-refractivity contribution in [3.05, 3.63) is 29.8 Å². The summed E-state index contributed by atoms with van der Waals surface area (Å²) in [6, 6.07) is 8.18. The number of hydrogen-bond acceptors (Lipinski definition) is 4. The molecule has 0 aromatic heterocycles. The molecule has 1 saturated heterocycles. The van der Waals surface area contributed by atoms with Crippen LogP contribution >= 0.6 is 0 Å². The van der Waals surface area contributed by atoms with Crippen molar-refractivity contribution in [2.45, 2.75) is 39.0 Å². The van der Waals surface area contributed by atoms with E-state index in [2.05, 4.69) is 34.7 Å². The zero-order valence-electron chi connectivity index (χ0n) is 17.5. The van der Waals surface area contributed by atoms with Gasteiger partial charge in [0.1, 0.15) is 5.75 Å². The Balaban J connectivity index is 1.41. The summed E-state index contributed by atoms with van der Waals surface area (Å²) in [5.74, 6) is 2.46. The Morgan fingerprint density at radius 3 is 2.46 bits per heavy atom. The molecule has 2 N–H and O–H groups in total. The molecule has 158 valence electrons. The van der Waals surface area contributed by atoms with Crippen LogP contribution in [0.1, 0.15) is 37.7 Å². The monoisotopic (exact) mass is 391 g/mol. The standard InChI is InChI=1S/C22H37N3O3/c1-19-6-8-21(9-7-19)28-15-4-3-12-24-22(23-2)25-13-5-14-27-18-20-10-16-26-17-11-20/h6-9,20H,3-5,10-18H2,1-2H3,(H2,23,24,25). The lowest BCUT2D eigenvalue weighted by molar-refractivity contribution is 0.0203. The van der Waals surface area contributed by atoms with Crippen molar-refractivity contribution >= 4 is 5.96 Å². The minimum Gasteiger partial charge on any atom is -0.494 e. The van der Waals surface area contributed by atoms with E-state index in [9.17, 15) is 0 Å². The lowest BCUT2D eigenvalue weighted by atomic mass is 10.0. The van der Waals surface area contributed by atoms with Crippen molar-refractivity contribution in [1.82, 2.24) is 10.6 Å². The number of guanidine groups is 1. The Morgan fingerprint density at radius 1 is 1.04 bits per heavy atom. The number of aliphatic imine (C=N–C) groups is 1. The molecule has 1 aliphatic rings. The Bertz CT molecular complexity index is 542. The molecule has 0 amide bonds. The first kappa shape index (κ1) is 22.5. The molecular weight excluding hydrogens is 354 g/mol. The normalized spacial score (nSPS) is 15.4. The SMILES string of the molecule is CN=C(NCCCCOc1ccc(C)cc1)NCCCOCC1CCOCC1. The number of aryl methyl sites for hydroxylation is 1. The minimum atomic E-state index is 0.672. The molecule has 1 aliphatic heterocycles. The first-order valence-corrected chi connectivity index (χ1v) is 10.6. The van der Waals surface area contributed by atoms with E-state index >= 15 is 0 Å². The van der Waals surface area contributed by atoms with Gasteiger partial charge in [-0.15, -0.1) is 0 Å². The van der Waals surface area contributed by atoms with E-state index in [0.29, 0.717) is 5.92 Å². The van der Waals surface area contributed by atoms with Crippen molar-refractivity contribution < 1.29 is 14.2 Å². The van der Waals surface area contributed by atoms with Crippen LogP contribution in [0.15, 0.2) is 29.3 Å². The number of nitrogens with zero attached hydrogens (tertiary/aromatic N) is 1. The second-order valence-corrected chi connectivity index (χ2v) is 7.28. The van der Waals surface area contributed by atoms with Crippen molar-refractivity contribution in [3.8, 4) is 5.75 Å². The summed E-state index contributed by atoms with van der Waals surface area (Å²) < 4.78 is 16.9. The van der Waals surface area contributed by atoms with Crippen LogP contribution in [-0.2, 0) is 9.47 Å². The number of nitrogens with one attached hydrogen (secondary N) is 2. The highest BCUT2D eigenvalue weighted by Crippen LogP contribution is 2.14. The highest BCUT2D eigenvalue weighted by molar-refractivity contribution is 5.79. The quantitative estimate of drug-likeness (QED) is 0.326. The Kier molecular flexibility index (Phi) is 11.4. The fourth-order valence-electron chi connectivity index (χ4n) is 3.02. The summed E-state index contributed by atoms with van der Waals surface area (Å²) in [6.07, 6.45) is 5.29. The summed E-state index contributed by atoms with van der Waals surface area (Å²) in [5, 5.41) is 6.68. The molecule has 0 aliphatic carbocycles. The molecule has 28 heavy (non-hydrogen) atoms. The molecule has 0 bridgehead atoms. The van der Waals surface area contributed by atoms with E-state index in [1.807, 2.05) is 12.1 Å². The summed E-state index contributed by atoms with van der Waals surface area (Å²) >= 11 is 0. The van der Waals surface area contributed by atoms with Crippen LogP contribution in [-0.4, -0.2) is 59.1 Å². The van der Waals surface area contributed by atoms with Gasteiger partial charge in [-0.25, -0.2) is 0 Å². The van der Waals surface area contributed by atoms with Gasteiger partial charge in [0.2, 0.25) is 0 Å². The van der Waals surface area contributed by atoms with Gasteiger partial charge in [-0.3, -0.25) is 4.99 Å². The third-order valence-corrected chi connectivity index (χ3v) is 4.83. The van der Waals surface area contributed by atoms with Crippen LogP contribution in [0.2, 0.25) is 0 Å². The number of unbranched alkanes of at least 4 members (excludes halogenated alkanes) is 1. The molecular formula is C22H37N3O3. The molecule has 1 aromatic carbocycles. The molecule has 0 radical (unpaired) electrons. The molecule has 1 aromatic rings. The van der Waals surface area contributed by atoms with Crippen LogP contribution in [0.5, 0.6) is 5.75 Å². The predicted octanol–water partition coefficient (Wildman–Crippen LogP) is 3.15. The van der Waals surface area contributed by atoms with E-state index in [4.69, 9.17) is 14.2 Å². The van der Waals surface area contributed by atoms with Crippen LogP contribution in [0.25, 0.3) is 0 Å². The fraction of sp³-hybridized carbons (Fsp3) is 0.682. The third kappa shape index (κ3) is 9.95. The second-order valence-electron chi connectivity index (χ2n) is 7.28. The van der Waals surface area contributed by atoms with E-state index in [1.165, 1.54) is 5.56 Å². The van der Waals surface area contributed by atoms with E-state index in [-0.39, 0.29) is 0 Å². The van der Waals surface area contributed by atoms with Crippen LogP contribution in [0, 0.1) is 12.8 Å².